The Balaban J connectivity index is 1.54. The van der Waals surface area contributed by atoms with Crippen molar-refractivity contribution in [3.63, 3.8) is 0 Å². The molecule has 0 bridgehead atoms. The van der Waals surface area contributed by atoms with Crippen LogP contribution in [0.5, 0.6) is 11.5 Å². The molecule has 2 aliphatic rings. The van der Waals surface area contributed by atoms with E-state index in [9.17, 15) is 13.2 Å². The molecule has 4 rings (SSSR count). The molecule has 0 saturated carbocycles. The Morgan fingerprint density at radius 3 is 2.29 bits per heavy atom. The summed E-state index contributed by atoms with van der Waals surface area (Å²) in [7, 11) is -0.424. The Bertz CT molecular complexity index is 1230. The van der Waals surface area contributed by atoms with Crippen molar-refractivity contribution in [3.05, 3.63) is 53.6 Å². The highest BCUT2D eigenvalue weighted by Gasteiger charge is 2.47. The standard InChI is InChI=1S/C25H31N3O5S/c1-17-7-6-8-20(15-17)34(30,31)27-13-11-19(12-14-27)28-24(29)25(2,3)23(26-28)18-9-10-21(32-4)22(16-18)33-5/h6-10,15-16,19H,11-14H2,1-5H3. The number of sulfonamides is 1. The Morgan fingerprint density at radius 2 is 1.68 bits per heavy atom. The number of hydrogen-bond acceptors (Lipinski definition) is 6. The van der Waals surface area contributed by atoms with Gasteiger partial charge >= 0.3 is 0 Å². The predicted molar refractivity (Wildman–Crippen MR) is 130 cm³/mol. The van der Waals surface area contributed by atoms with Gasteiger partial charge in [0.1, 0.15) is 0 Å². The van der Waals surface area contributed by atoms with Crippen molar-refractivity contribution < 1.29 is 22.7 Å². The van der Waals surface area contributed by atoms with Gasteiger partial charge in [-0.25, -0.2) is 13.4 Å². The number of hydrogen-bond donors (Lipinski definition) is 0. The molecule has 0 radical (unpaired) electrons. The lowest BCUT2D eigenvalue weighted by molar-refractivity contribution is -0.137. The van der Waals surface area contributed by atoms with Crippen LogP contribution in [0.4, 0.5) is 0 Å². The van der Waals surface area contributed by atoms with Crippen LogP contribution in [0.1, 0.15) is 37.8 Å². The van der Waals surface area contributed by atoms with Gasteiger partial charge in [0.25, 0.3) is 5.91 Å². The van der Waals surface area contributed by atoms with Gasteiger partial charge in [-0.05, 0) is 69.5 Å². The lowest BCUT2D eigenvalue weighted by Gasteiger charge is -2.35. The molecule has 0 atom stereocenters. The zero-order valence-corrected chi connectivity index (χ0v) is 21.1. The third-order valence-electron chi connectivity index (χ3n) is 6.60. The molecule has 0 aliphatic carbocycles. The van der Waals surface area contributed by atoms with Gasteiger partial charge < -0.3 is 9.47 Å². The minimum Gasteiger partial charge on any atom is -0.493 e. The van der Waals surface area contributed by atoms with Gasteiger partial charge in [-0.3, -0.25) is 4.79 Å². The van der Waals surface area contributed by atoms with E-state index in [1.165, 1.54) is 4.31 Å². The quantitative estimate of drug-likeness (QED) is 0.625. The van der Waals surface area contributed by atoms with Crippen molar-refractivity contribution in [2.75, 3.05) is 27.3 Å². The Kier molecular flexibility index (Phi) is 6.44. The van der Waals surface area contributed by atoms with Crippen molar-refractivity contribution >= 4 is 21.6 Å². The molecule has 0 unspecified atom stereocenters. The summed E-state index contributed by atoms with van der Waals surface area (Å²) in [6.07, 6.45) is 1.05. The zero-order valence-electron chi connectivity index (χ0n) is 20.2. The number of benzene rings is 2. The highest BCUT2D eigenvalue weighted by atomic mass is 32.2. The maximum absolute atomic E-state index is 13.3. The first-order valence-electron chi connectivity index (χ1n) is 11.3. The predicted octanol–water partition coefficient (Wildman–Crippen LogP) is 3.44. The lowest BCUT2D eigenvalue weighted by Crippen LogP contribution is -2.47. The molecule has 182 valence electrons. The molecule has 2 aromatic carbocycles. The summed E-state index contributed by atoms with van der Waals surface area (Å²) in [5, 5.41) is 6.30. The topological polar surface area (TPSA) is 88.5 Å². The van der Waals surface area contributed by atoms with Crippen LogP contribution in [0.25, 0.3) is 0 Å². The van der Waals surface area contributed by atoms with Gasteiger partial charge in [-0.1, -0.05) is 12.1 Å². The van der Waals surface area contributed by atoms with E-state index in [1.54, 1.807) is 43.5 Å². The van der Waals surface area contributed by atoms with Crippen molar-refractivity contribution in [1.29, 1.82) is 0 Å². The van der Waals surface area contributed by atoms with E-state index in [1.807, 2.05) is 39.0 Å². The molecule has 34 heavy (non-hydrogen) atoms. The van der Waals surface area contributed by atoms with Gasteiger partial charge in [0.2, 0.25) is 10.0 Å². The number of carbonyl (C=O) groups excluding carboxylic acids is 1. The van der Waals surface area contributed by atoms with E-state index >= 15 is 0 Å². The Hall–Kier alpha value is -2.91. The van der Waals surface area contributed by atoms with Crippen molar-refractivity contribution in [2.24, 2.45) is 10.5 Å². The zero-order chi connectivity index (χ0) is 24.7. The second kappa shape index (κ2) is 9.03. The minimum absolute atomic E-state index is 0.0859. The summed E-state index contributed by atoms with van der Waals surface area (Å²) < 4.78 is 38.4. The van der Waals surface area contributed by atoms with E-state index in [2.05, 4.69) is 0 Å². The number of ether oxygens (including phenoxy) is 2. The molecule has 9 heteroatoms. The number of amides is 1. The van der Waals surface area contributed by atoms with E-state index in [0.29, 0.717) is 48.0 Å². The number of piperidine rings is 1. The number of aryl methyl sites for hydroxylation is 1. The monoisotopic (exact) mass is 485 g/mol. The normalized spacial score (nSPS) is 19.3. The lowest BCUT2D eigenvalue weighted by atomic mass is 9.83. The molecule has 1 amide bonds. The molecule has 0 spiro atoms. The van der Waals surface area contributed by atoms with Gasteiger partial charge in [0.05, 0.1) is 36.3 Å². The molecule has 8 nitrogen and oxygen atoms in total. The van der Waals surface area contributed by atoms with E-state index < -0.39 is 15.4 Å². The maximum atomic E-state index is 13.3. The van der Waals surface area contributed by atoms with Crippen LogP contribution in [-0.2, 0) is 14.8 Å². The molecule has 2 aromatic rings. The molecule has 0 N–H and O–H groups in total. The number of hydrazone groups is 1. The number of methoxy groups -OCH3 is 2. The second-order valence-electron chi connectivity index (χ2n) is 9.24. The van der Waals surface area contributed by atoms with Crippen LogP contribution in [-0.4, -0.2) is 62.7 Å². The van der Waals surface area contributed by atoms with Crippen LogP contribution in [0.15, 0.2) is 52.5 Å². The summed E-state index contributed by atoms with van der Waals surface area (Å²) in [6.45, 7) is 6.28. The van der Waals surface area contributed by atoms with E-state index in [4.69, 9.17) is 14.6 Å². The fraction of sp³-hybridized carbons (Fsp3) is 0.440. The largest absolute Gasteiger partial charge is 0.493 e. The molecule has 1 fully saturated rings. The van der Waals surface area contributed by atoms with Crippen molar-refractivity contribution in [3.8, 4) is 11.5 Å². The summed E-state index contributed by atoms with van der Waals surface area (Å²) in [6, 6.07) is 12.3. The van der Waals surface area contributed by atoms with Crippen molar-refractivity contribution in [2.45, 2.75) is 44.6 Å². The summed E-state index contributed by atoms with van der Waals surface area (Å²) in [5.74, 6) is 1.09. The molecule has 1 saturated heterocycles. The van der Waals surface area contributed by atoms with Gasteiger partial charge in [-0.2, -0.15) is 9.41 Å². The molecule has 2 aliphatic heterocycles. The second-order valence-corrected chi connectivity index (χ2v) is 11.2. The minimum atomic E-state index is -3.57. The first-order valence-corrected chi connectivity index (χ1v) is 12.8. The van der Waals surface area contributed by atoms with Crippen LogP contribution in [0.3, 0.4) is 0 Å². The first kappa shape index (κ1) is 24.2. The van der Waals surface area contributed by atoms with Gasteiger partial charge in [0, 0.05) is 18.7 Å². The highest BCUT2D eigenvalue weighted by molar-refractivity contribution is 7.89. The van der Waals surface area contributed by atoms with Crippen molar-refractivity contribution in [1.82, 2.24) is 9.31 Å². The Labute approximate surface area is 201 Å². The summed E-state index contributed by atoms with van der Waals surface area (Å²) in [5.41, 5.74) is 1.54. The SMILES string of the molecule is COc1ccc(C2=NN(C3CCN(S(=O)(=O)c4cccc(C)c4)CC3)C(=O)C2(C)C)cc1OC. The van der Waals surface area contributed by atoms with Crippen LogP contribution < -0.4 is 9.47 Å². The number of carbonyl (C=O) groups is 1. The molecule has 2 heterocycles. The average Bonchev–Trinajstić information content (AvgIpc) is 3.07. The maximum Gasteiger partial charge on any atom is 0.254 e. The van der Waals surface area contributed by atoms with Crippen LogP contribution >= 0.6 is 0 Å². The summed E-state index contributed by atoms with van der Waals surface area (Å²) in [4.78, 5) is 13.7. The van der Waals surface area contributed by atoms with Gasteiger partial charge in [0.15, 0.2) is 11.5 Å². The van der Waals surface area contributed by atoms with Crippen LogP contribution in [0, 0.1) is 12.3 Å². The third kappa shape index (κ3) is 4.18. The molecular formula is C25H31N3O5S. The van der Waals surface area contributed by atoms with Gasteiger partial charge in [-0.15, -0.1) is 0 Å². The van der Waals surface area contributed by atoms with E-state index in [0.717, 1.165) is 11.1 Å². The molecular weight excluding hydrogens is 454 g/mol. The molecule has 0 aromatic heterocycles. The number of nitrogens with zero attached hydrogens (tertiary/aromatic N) is 3. The highest BCUT2D eigenvalue weighted by Crippen LogP contribution is 2.38. The fourth-order valence-corrected chi connectivity index (χ4v) is 6.14. The first-order chi connectivity index (χ1) is 16.1. The van der Waals surface area contributed by atoms with E-state index in [-0.39, 0.29) is 11.9 Å². The summed E-state index contributed by atoms with van der Waals surface area (Å²) >= 11 is 0. The fourth-order valence-electron chi connectivity index (χ4n) is 4.57. The Morgan fingerprint density at radius 1 is 1.00 bits per heavy atom. The average molecular weight is 486 g/mol. The smallest absolute Gasteiger partial charge is 0.254 e. The third-order valence-corrected chi connectivity index (χ3v) is 8.49. The van der Waals surface area contributed by atoms with Crippen LogP contribution in [0.2, 0.25) is 0 Å². The number of rotatable bonds is 6.